The Hall–Kier alpha value is -1.83. The topological polar surface area (TPSA) is 56.7 Å². The first-order valence-corrected chi connectivity index (χ1v) is 6.59. The molecule has 1 aliphatic heterocycles. The molecule has 21 heavy (non-hydrogen) atoms. The maximum atomic E-state index is 12.7. The smallest absolute Gasteiger partial charge is 0.433 e. The van der Waals surface area contributed by atoms with Gasteiger partial charge in [0, 0.05) is 26.2 Å². The van der Waals surface area contributed by atoms with Gasteiger partial charge in [-0.1, -0.05) is 6.07 Å². The highest BCUT2D eigenvalue weighted by atomic mass is 19.4. The number of hydrogen-bond acceptors (Lipinski definition) is 4. The highest BCUT2D eigenvalue weighted by molar-refractivity contribution is 5.69. The van der Waals surface area contributed by atoms with Crippen LogP contribution >= 0.6 is 0 Å². The molecule has 0 atom stereocenters. The van der Waals surface area contributed by atoms with Crippen molar-refractivity contribution >= 4 is 11.8 Å². The molecule has 5 nitrogen and oxygen atoms in total. The summed E-state index contributed by atoms with van der Waals surface area (Å²) in [5, 5.41) is 8.77. The van der Waals surface area contributed by atoms with Gasteiger partial charge in [-0.2, -0.15) is 13.2 Å². The lowest BCUT2D eigenvalue weighted by atomic mass is 10.3. The molecule has 2 heterocycles. The van der Waals surface area contributed by atoms with Crippen LogP contribution in [0, 0.1) is 0 Å². The van der Waals surface area contributed by atoms with E-state index >= 15 is 0 Å². The molecule has 0 aromatic carbocycles. The minimum atomic E-state index is -4.46. The number of halogens is 3. The average Bonchev–Trinajstić information content (AvgIpc) is 2.63. The molecule has 0 aliphatic carbocycles. The number of alkyl halides is 3. The van der Waals surface area contributed by atoms with Crippen LogP contribution in [0.25, 0.3) is 0 Å². The molecule has 1 aliphatic rings. The Morgan fingerprint density at radius 2 is 2.00 bits per heavy atom. The van der Waals surface area contributed by atoms with E-state index in [1.807, 2.05) is 0 Å². The summed E-state index contributed by atoms with van der Waals surface area (Å²) in [7, 11) is 0. The Bertz CT molecular complexity index is 508. The van der Waals surface area contributed by atoms with Crippen LogP contribution < -0.4 is 4.90 Å². The number of pyridine rings is 1. The molecule has 0 amide bonds. The summed E-state index contributed by atoms with van der Waals surface area (Å²) in [6, 6.07) is 3.82. The van der Waals surface area contributed by atoms with Crippen LogP contribution in [0.1, 0.15) is 12.1 Å². The van der Waals surface area contributed by atoms with E-state index in [0.29, 0.717) is 32.6 Å². The first-order chi connectivity index (χ1) is 9.86. The molecule has 0 spiro atoms. The van der Waals surface area contributed by atoms with Crippen LogP contribution in [-0.2, 0) is 11.0 Å². The van der Waals surface area contributed by atoms with Crippen LogP contribution in [0.3, 0.4) is 0 Å². The second-order valence-corrected chi connectivity index (χ2v) is 4.89. The molecule has 0 bridgehead atoms. The number of aliphatic carboxylic acids is 1. The van der Waals surface area contributed by atoms with Gasteiger partial charge in [-0.25, -0.2) is 4.98 Å². The predicted molar refractivity (Wildman–Crippen MR) is 70.1 cm³/mol. The first kappa shape index (κ1) is 15.6. The maximum absolute atomic E-state index is 12.7. The highest BCUT2D eigenvalue weighted by Crippen LogP contribution is 2.29. The summed E-state index contributed by atoms with van der Waals surface area (Å²) in [5.74, 6) is -0.623. The normalized spacial score (nSPS) is 17.6. The number of carbonyl (C=O) groups is 1. The highest BCUT2D eigenvalue weighted by Gasteiger charge is 2.33. The van der Waals surface area contributed by atoms with E-state index in [2.05, 4.69) is 4.98 Å². The van der Waals surface area contributed by atoms with Crippen LogP contribution in [0.4, 0.5) is 19.0 Å². The van der Waals surface area contributed by atoms with Crippen molar-refractivity contribution in [3.63, 3.8) is 0 Å². The van der Waals surface area contributed by atoms with E-state index in [-0.39, 0.29) is 12.4 Å². The number of carboxylic acid groups (broad SMARTS) is 1. The van der Waals surface area contributed by atoms with Crippen molar-refractivity contribution in [2.75, 3.05) is 37.6 Å². The van der Waals surface area contributed by atoms with Crippen molar-refractivity contribution in [1.29, 1.82) is 0 Å². The molecule has 0 saturated carbocycles. The average molecular weight is 303 g/mol. The molecule has 2 rings (SSSR count). The SMILES string of the molecule is O=C(O)CN1CCCN(c2cccc(C(F)(F)F)n2)CC1. The van der Waals surface area contributed by atoms with E-state index in [4.69, 9.17) is 5.11 Å². The van der Waals surface area contributed by atoms with E-state index in [0.717, 1.165) is 6.07 Å². The van der Waals surface area contributed by atoms with Crippen molar-refractivity contribution in [3.05, 3.63) is 23.9 Å². The summed E-state index contributed by atoms with van der Waals surface area (Å²) in [6.07, 6.45) is -3.78. The Morgan fingerprint density at radius 1 is 1.24 bits per heavy atom. The van der Waals surface area contributed by atoms with Crippen molar-refractivity contribution < 1.29 is 23.1 Å². The summed E-state index contributed by atoms with van der Waals surface area (Å²) >= 11 is 0. The number of anilines is 1. The molecular formula is C13H16F3N3O2. The van der Waals surface area contributed by atoms with E-state index in [1.54, 1.807) is 15.9 Å². The Balaban J connectivity index is 2.07. The van der Waals surface area contributed by atoms with Gasteiger partial charge in [-0.05, 0) is 18.6 Å². The number of nitrogens with zero attached hydrogens (tertiary/aromatic N) is 3. The lowest BCUT2D eigenvalue weighted by molar-refractivity contribution is -0.141. The third kappa shape index (κ3) is 4.32. The Kier molecular flexibility index (Phi) is 4.66. The van der Waals surface area contributed by atoms with Gasteiger partial charge in [0.15, 0.2) is 0 Å². The summed E-state index contributed by atoms with van der Waals surface area (Å²) in [6.45, 7) is 2.07. The molecule has 8 heteroatoms. The Labute approximate surface area is 120 Å². The molecule has 1 aromatic rings. The molecule has 116 valence electrons. The van der Waals surface area contributed by atoms with Crippen molar-refractivity contribution in [2.45, 2.75) is 12.6 Å². The van der Waals surface area contributed by atoms with Gasteiger partial charge in [0.05, 0.1) is 6.54 Å². The number of aromatic nitrogens is 1. The largest absolute Gasteiger partial charge is 0.480 e. The molecule has 1 saturated heterocycles. The minimum Gasteiger partial charge on any atom is -0.480 e. The molecule has 1 fully saturated rings. The fourth-order valence-electron chi connectivity index (χ4n) is 2.31. The molecule has 0 radical (unpaired) electrons. The van der Waals surface area contributed by atoms with Crippen molar-refractivity contribution in [1.82, 2.24) is 9.88 Å². The number of hydrogen-bond donors (Lipinski definition) is 1. The van der Waals surface area contributed by atoms with E-state index < -0.39 is 17.8 Å². The van der Waals surface area contributed by atoms with E-state index in [1.165, 1.54) is 6.07 Å². The molecular weight excluding hydrogens is 287 g/mol. The van der Waals surface area contributed by atoms with Crippen molar-refractivity contribution in [2.24, 2.45) is 0 Å². The maximum Gasteiger partial charge on any atom is 0.433 e. The predicted octanol–water partition coefficient (Wildman–Crippen LogP) is 1.70. The van der Waals surface area contributed by atoms with Gasteiger partial charge in [-0.3, -0.25) is 9.69 Å². The second-order valence-electron chi connectivity index (χ2n) is 4.89. The van der Waals surface area contributed by atoms with Crippen LogP contribution in [0.5, 0.6) is 0 Å². The van der Waals surface area contributed by atoms with Crippen LogP contribution in [0.2, 0.25) is 0 Å². The summed E-state index contributed by atoms with van der Waals surface area (Å²) < 4.78 is 38.0. The van der Waals surface area contributed by atoms with Crippen LogP contribution in [-0.4, -0.2) is 53.7 Å². The van der Waals surface area contributed by atoms with E-state index in [9.17, 15) is 18.0 Å². The van der Waals surface area contributed by atoms with Gasteiger partial charge in [-0.15, -0.1) is 0 Å². The minimum absolute atomic E-state index is 0.0517. The number of carboxylic acids is 1. The second kappa shape index (κ2) is 6.30. The lowest BCUT2D eigenvalue weighted by Gasteiger charge is -2.22. The summed E-state index contributed by atoms with van der Waals surface area (Å²) in [4.78, 5) is 17.9. The Morgan fingerprint density at radius 3 is 2.67 bits per heavy atom. The van der Waals surface area contributed by atoms with Gasteiger partial charge in [0.2, 0.25) is 0 Å². The first-order valence-electron chi connectivity index (χ1n) is 6.59. The van der Waals surface area contributed by atoms with Crippen molar-refractivity contribution in [3.8, 4) is 0 Å². The quantitative estimate of drug-likeness (QED) is 0.921. The van der Waals surface area contributed by atoms with Crippen LogP contribution in [0.15, 0.2) is 18.2 Å². The molecule has 1 aromatic heterocycles. The fraction of sp³-hybridized carbons (Fsp3) is 0.538. The van der Waals surface area contributed by atoms with Gasteiger partial charge in [0.1, 0.15) is 11.5 Å². The summed E-state index contributed by atoms with van der Waals surface area (Å²) in [5.41, 5.74) is -0.911. The third-order valence-corrected chi connectivity index (χ3v) is 3.30. The zero-order valence-corrected chi connectivity index (χ0v) is 11.3. The van der Waals surface area contributed by atoms with Gasteiger partial charge in [0.25, 0.3) is 0 Å². The molecule has 1 N–H and O–H groups in total. The standard InChI is InChI=1S/C13H16F3N3O2/c14-13(15,16)10-3-1-4-11(17-10)19-6-2-5-18(7-8-19)9-12(20)21/h1,3-4H,2,5-9H2,(H,20,21). The van der Waals surface area contributed by atoms with Gasteiger partial charge < -0.3 is 10.0 Å². The zero-order chi connectivity index (χ0) is 15.5. The van der Waals surface area contributed by atoms with Gasteiger partial charge >= 0.3 is 12.1 Å². The third-order valence-electron chi connectivity index (χ3n) is 3.30. The lowest BCUT2D eigenvalue weighted by Crippen LogP contribution is -2.34. The zero-order valence-electron chi connectivity index (χ0n) is 11.3. The fourth-order valence-corrected chi connectivity index (χ4v) is 2.31. The number of rotatable bonds is 3. The monoisotopic (exact) mass is 303 g/mol. The molecule has 0 unspecified atom stereocenters.